The largest absolute Gasteiger partial charge is 0.309 e. The van der Waals surface area contributed by atoms with Crippen LogP contribution in [0.15, 0.2) is 24.3 Å². The number of fused-ring (bicyclic) bond motifs is 1. The molecule has 1 aliphatic carbocycles. The third kappa shape index (κ3) is 2.04. The molecule has 5 nitrogen and oxygen atoms in total. The van der Waals surface area contributed by atoms with E-state index >= 15 is 0 Å². The van der Waals surface area contributed by atoms with Crippen LogP contribution in [0.25, 0.3) is 5.70 Å². The smallest absolute Gasteiger partial charge is 0.270 e. The van der Waals surface area contributed by atoms with Crippen LogP contribution in [-0.2, 0) is 10.2 Å². The number of carbonyl (C=O) groups excluding carboxylic acids is 1. The van der Waals surface area contributed by atoms with Crippen molar-refractivity contribution < 1.29 is 9.72 Å². The van der Waals surface area contributed by atoms with Gasteiger partial charge >= 0.3 is 0 Å². The van der Waals surface area contributed by atoms with Gasteiger partial charge in [-0.25, -0.2) is 0 Å². The zero-order chi connectivity index (χ0) is 15.4. The van der Waals surface area contributed by atoms with Crippen molar-refractivity contribution >= 4 is 17.3 Å². The van der Waals surface area contributed by atoms with E-state index < -0.39 is 4.92 Å². The van der Waals surface area contributed by atoms with Crippen LogP contribution in [0.1, 0.15) is 44.7 Å². The maximum atomic E-state index is 12.2. The number of nitro benzene ring substituents is 1. The molecular weight excluding hydrogens is 268 g/mol. The molecule has 1 amide bonds. The molecule has 1 aromatic rings. The summed E-state index contributed by atoms with van der Waals surface area (Å²) in [6, 6.07) is 5.08. The van der Waals surface area contributed by atoms with E-state index in [2.05, 4.69) is 19.9 Å². The van der Waals surface area contributed by atoms with Gasteiger partial charge in [-0.2, -0.15) is 0 Å². The Labute approximate surface area is 123 Å². The fraction of sp³-hybridized carbons (Fsp3) is 0.438. The molecule has 0 saturated carbocycles. The molecule has 1 fully saturated rings. The normalized spacial score (nSPS) is 23.2. The Balaban J connectivity index is 2.15. The fourth-order valence-electron chi connectivity index (χ4n) is 3.32. The minimum Gasteiger partial charge on any atom is -0.309 e. The van der Waals surface area contributed by atoms with Crippen molar-refractivity contribution in [2.24, 2.45) is 0 Å². The highest BCUT2D eigenvalue weighted by atomic mass is 16.6. The second-order valence-electron chi connectivity index (χ2n) is 6.39. The summed E-state index contributed by atoms with van der Waals surface area (Å²) in [6.07, 6.45) is 3.44. The summed E-state index contributed by atoms with van der Waals surface area (Å²) in [5.41, 5.74) is 2.53. The van der Waals surface area contributed by atoms with Crippen molar-refractivity contribution in [2.75, 3.05) is 0 Å². The topological polar surface area (TPSA) is 63.5 Å². The van der Waals surface area contributed by atoms with Gasteiger partial charge in [-0.3, -0.25) is 14.9 Å². The third-order valence-corrected chi connectivity index (χ3v) is 4.43. The van der Waals surface area contributed by atoms with E-state index in [1.165, 1.54) is 6.07 Å². The summed E-state index contributed by atoms with van der Waals surface area (Å²) in [4.78, 5) is 24.6. The van der Waals surface area contributed by atoms with Gasteiger partial charge in [-0.1, -0.05) is 19.9 Å². The average molecular weight is 286 g/mol. The van der Waals surface area contributed by atoms with Crippen LogP contribution in [0.5, 0.6) is 0 Å². The highest BCUT2D eigenvalue weighted by Crippen LogP contribution is 2.45. The summed E-state index contributed by atoms with van der Waals surface area (Å²) < 4.78 is 0. The average Bonchev–Trinajstić information content (AvgIpc) is 2.87. The highest BCUT2D eigenvalue weighted by molar-refractivity contribution is 5.92. The number of amides is 1. The number of benzene rings is 1. The minimum absolute atomic E-state index is 0.0663. The van der Waals surface area contributed by atoms with E-state index in [1.807, 2.05) is 13.0 Å². The lowest BCUT2D eigenvalue weighted by Gasteiger charge is -2.23. The Bertz CT molecular complexity index is 676. The fourth-order valence-corrected chi connectivity index (χ4v) is 3.32. The molecule has 0 radical (unpaired) electrons. The van der Waals surface area contributed by atoms with Gasteiger partial charge in [0.25, 0.3) is 5.69 Å². The van der Waals surface area contributed by atoms with Gasteiger partial charge in [0.2, 0.25) is 5.91 Å². The number of rotatable bonds is 2. The van der Waals surface area contributed by atoms with Crippen LogP contribution in [0, 0.1) is 10.1 Å². The quantitative estimate of drug-likeness (QED) is 0.619. The Morgan fingerprint density at radius 1 is 1.38 bits per heavy atom. The van der Waals surface area contributed by atoms with Gasteiger partial charge in [-0.15, -0.1) is 0 Å². The molecule has 0 unspecified atom stereocenters. The van der Waals surface area contributed by atoms with Crippen LogP contribution >= 0.6 is 0 Å². The zero-order valence-electron chi connectivity index (χ0n) is 12.4. The SMILES string of the molecule is C[C@@H]1CCC(=O)N1C1=CC(C)(C)c2ccc([N+](=O)[O-])cc21. The molecule has 21 heavy (non-hydrogen) atoms. The molecule has 0 bridgehead atoms. The molecule has 1 aromatic carbocycles. The van der Waals surface area contributed by atoms with Crippen LogP contribution in [0.4, 0.5) is 5.69 Å². The number of nitro groups is 1. The molecule has 1 atom stereocenters. The van der Waals surface area contributed by atoms with Crippen LogP contribution < -0.4 is 0 Å². The van der Waals surface area contributed by atoms with Crippen LogP contribution in [0.2, 0.25) is 0 Å². The molecule has 3 rings (SSSR count). The number of carbonyl (C=O) groups is 1. The lowest BCUT2D eigenvalue weighted by molar-refractivity contribution is -0.384. The highest BCUT2D eigenvalue weighted by Gasteiger charge is 2.39. The second-order valence-corrected chi connectivity index (χ2v) is 6.39. The lowest BCUT2D eigenvalue weighted by Crippen LogP contribution is -2.28. The van der Waals surface area contributed by atoms with Crippen molar-refractivity contribution in [3.63, 3.8) is 0 Å². The number of non-ortho nitro benzene ring substituents is 1. The number of likely N-dealkylation sites (tertiary alicyclic amines) is 1. The predicted octanol–water partition coefficient (Wildman–Crippen LogP) is 3.24. The number of hydrogen-bond donors (Lipinski definition) is 0. The van der Waals surface area contributed by atoms with E-state index in [0.29, 0.717) is 6.42 Å². The molecule has 1 aliphatic heterocycles. The maximum Gasteiger partial charge on any atom is 0.270 e. The van der Waals surface area contributed by atoms with Gasteiger partial charge < -0.3 is 4.90 Å². The van der Waals surface area contributed by atoms with Gasteiger partial charge in [0.05, 0.1) is 4.92 Å². The standard InChI is InChI=1S/C16H18N2O3/c1-10-4-7-15(19)17(10)14-9-16(2,3)13-6-5-11(18(20)21)8-12(13)14/h5-6,8-10H,4,7H2,1-3H3/t10-/m1/s1. The van der Waals surface area contributed by atoms with Gasteiger partial charge in [0.1, 0.15) is 0 Å². The lowest BCUT2D eigenvalue weighted by atomic mass is 9.87. The van der Waals surface area contributed by atoms with E-state index in [1.54, 1.807) is 11.0 Å². The predicted molar refractivity (Wildman–Crippen MR) is 79.6 cm³/mol. The van der Waals surface area contributed by atoms with Gasteiger partial charge in [0.15, 0.2) is 0 Å². The molecule has 5 heteroatoms. The Morgan fingerprint density at radius 2 is 2.10 bits per heavy atom. The van der Waals surface area contributed by atoms with Crippen LogP contribution in [0.3, 0.4) is 0 Å². The first-order valence-corrected chi connectivity index (χ1v) is 7.15. The number of hydrogen-bond acceptors (Lipinski definition) is 3. The Hall–Kier alpha value is -2.17. The first-order chi connectivity index (χ1) is 9.81. The molecule has 0 aromatic heterocycles. The first kappa shape index (κ1) is 13.8. The zero-order valence-corrected chi connectivity index (χ0v) is 12.4. The monoisotopic (exact) mass is 286 g/mol. The van der Waals surface area contributed by atoms with Crippen LogP contribution in [-0.4, -0.2) is 21.8 Å². The van der Waals surface area contributed by atoms with E-state index in [4.69, 9.17) is 0 Å². The maximum absolute atomic E-state index is 12.2. The molecule has 0 spiro atoms. The summed E-state index contributed by atoms with van der Waals surface area (Å²) >= 11 is 0. The molecule has 110 valence electrons. The molecular formula is C16H18N2O3. The summed E-state index contributed by atoms with van der Waals surface area (Å²) in [5.74, 6) is 0.101. The molecule has 1 saturated heterocycles. The van der Waals surface area contributed by atoms with Crippen molar-refractivity contribution in [2.45, 2.75) is 45.1 Å². The third-order valence-electron chi connectivity index (χ3n) is 4.43. The molecule has 2 aliphatic rings. The minimum atomic E-state index is -0.390. The Morgan fingerprint density at radius 3 is 2.67 bits per heavy atom. The number of allylic oxidation sites excluding steroid dienone is 1. The van der Waals surface area contributed by atoms with E-state index in [9.17, 15) is 14.9 Å². The van der Waals surface area contributed by atoms with Gasteiger partial charge in [0, 0.05) is 41.3 Å². The van der Waals surface area contributed by atoms with Crippen molar-refractivity contribution in [1.29, 1.82) is 0 Å². The first-order valence-electron chi connectivity index (χ1n) is 7.15. The second kappa shape index (κ2) is 4.41. The summed E-state index contributed by atoms with van der Waals surface area (Å²) in [7, 11) is 0. The van der Waals surface area contributed by atoms with Crippen molar-refractivity contribution in [3.8, 4) is 0 Å². The molecule has 0 N–H and O–H groups in total. The molecule has 1 heterocycles. The van der Waals surface area contributed by atoms with Crippen molar-refractivity contribution in [1.82, 2.24) is 4.90 Å². The van der Waals surface area contributed by atoms with Gasteiger partial charge in [-0.05, 0) is 25.0 Å². The van der Waals surface area contributed by atoms with Crippen molar-refractivity contribution in [3.05, 3.63) is 45.5 Å². The summed E-state index contributed by atoms with van der Waals surface area (Å²) in [5, 5.41) is 11.0. The number of nitrogens with zero attached hydrogens (tertiary/aromatic N) is 2. The summed E-state index contributed by atoms with van der Waals surface area (Å²) in [6.45, 7) is 6.15. The van der Waals surface area contributed by atoms with E-state index in [-0.39, 0.29) is 23.1 Å². The Kier molecular flexibility index (Phi) is 2.90. The van der Waals surface area contributed by atoms with E-state index in [0.717, 1.165) is 23.2 Å².